The minimum Gasteiger partial charge on any atom is -0.455 e. The lowest BCUT2D eigenvalue weighted by Gasteiger charge is -2.10. The normalized spacial score (nSPS) is 13.3. The Morgan fingerprint density at radius 2 is 1.12 bits per heavy atom. The quantitative estimate of drug-likeness (QED) is 0.184. The maximum Gasteiger partial charge on any atom is 0.167 e. The van der Waals surface area contributed by atoms with Crippen LogP contribution in [0.15, 0.2) is 168 Å². The molecule has 0 aliphatic carbocycles. The monoisotopic (exact) mass is 663 g/mol. The molecule has 10 rings (SSSR count). The van der Waals surface area contributed by atoms with E-state index in [1.54, 1.807) is 0 Å². The zero-order chi connectivity index (χ0) is 38.2. The fourth-order valence-corrected chi connectivity index (χ4v) is 7.50. The van der Waals surface area contributed by atoms with Crippen LogP contribution in [0, 0.1) is 0 Å². The molecule has 50 heavy (non-hydrogen) atoms. The third kappa shape index (κ3) is 4.79. The van der Waals surface area contributed by atoms with Crippen LogP contribution in [0.1, 0.15) is 8.22 Å². The first-order valence-corrected chi connectivity index (χ1v) is 16.9. The van der Waals surface area contributed by atoms with E-state index in [1.165, 1.54) is 0 Å². The summed E-state index contributed by atoms with van der Waals surface area (Å²) in [6.45, 7) is 0. The van der Waals surface area contributed by atoms with Gasteiger partial charge in [-0.05, 0) is 46.5 Å². The van der Waals surface area contributed by atoms with Gasteiger partial charge in [0.15, 0.2) is 17.5 Å². The van der Waals surface area contributed by atoms with E-state index in [1.807, 2.05) is 127 Å². The predicted molar refractivity (Wildman–Crippen MR) is 207 cm³/mol. The fraction of sp³-hybridized carbons (Fsp3) is 0. The van der Waals surface area contributed by atoms with Gasteiger partial charge in [-0.2, -0.15) is 0 Å². The molecule has 0 aliphatic heterocycles. The van der Waals surface area contributed by atoms with E-state index in [4.69, 9.17) is 23.5 Å². The average molecular weight is 664 g/mol. The highest BCUT2D eigenvalue weighted by atomic mass is 32.1. The first kappa shape index (κ1) is 23.0. The van der Waals surface area contributed by atoms with Crippen molar-refractivity contribution >= 4 is 53.4 Å². The number of fused-ring (bicyclic) bond motifs is 6. The van der Waals surface area contributed by atoms with Crippen molar-refractivity contribution in [3.8, 4) is 56.4 Å². The summed E-state index contributed by atoms with van der Waals surface area (Å²) < 4.78 is 62.0. The molecule has 4 nitrogen and oxygen atoms in total. The van der Waals surface area contributed by atoms with Crippen molar-refractivity contribution in [1.82, 2.24) is 15.0 Å². The third-order valence-corrected chi connectivity index (χ3v) is 9.91. The van der Waals surface area contributed by atoms with Crippen LogP contribution in [0.4, 0.5) is 0 Å². The second kappa shape index (κ2) is 11.6. The van der Waals surface area contributed by atoms with E-state index in [9.17, 15) is 4.11 Å². The van der Waals surface area contributed by atoms with Crippen molar-refractivity contribution in [3.05, 3.63) is 164 Å². The number of furan rings is 1. The van der Waals surface area contributed by atoms with Gasteiger partial charge in [0, 0.05) is 42.1 Å². The molecule has 0 saturated carbocycles. The molecule has 0 N–H and O–H groups in total. The summed E-state index contributed by atoms with van der Waals surface area (Å²) in [6.07, 6.45) is 0. The van der Waals surface area contributed by atoms with Crippen LogP contribution < -0.4 is 0 Å². The number of hydrogen-bond acceptors (Lipinski definition) is 5. The standard InChI is InChI=1S/C45H27N3OS/c1-3-11-28(12-4-1)29-21-23-31(24-22-29)43-46-44(48-45(47-43)37-18-9-17-35-34-15-7-8-19-38(34)49-42(35)37)32-25-26-36-40(27-32)50-39-20-10-16-33(41(36)39)30-13-5-2-6-14-30/h1-27H/i10D,16D,20D,25D,26D,27D. The van der Waals surface area contributed by atoms with Crippen LogP contribution in [0.3, 0.4) is 0 Å². The maximum atomic E-state index is 9.61. The highest BCUT2D eigenvalue weighted by Crippen LogP contribution is 2.42. The SMILES string of the molecule is [2H]c1c([2H])c(-c2ccccc2)c2c(sc3c([2H])c(-c4nc(-c5ccc(-c6ccccc6)cc5)nc(-c5cccc6c5oc5ccccc56)n4)c([2H])c([2H])c32)c1[2H]. The van der Waals surface area contributed by atoms with Gasteiger partial charge in [0.2, 0.25) is 0 Å². The van der Waals surface area contributed by atoms with Crippen LogP contribution in [0.5, 0.6) is 0 Å². The van der Waals surface area contributed by atoms with Gasteiger partial charge in [-0.25, -0.2) is 15.0 Å². The van der Waals surface area contributed by atoms with Gasteiger partial charge in [-0.3, -0.25) is 0 Å². The Bertz CT molecular complexity index is 3200. The lowest BCUT2D eigenvalue weighted by molar-refractivity contribution is 0.669. The number of aromatic nitrogens is 3. The lowest BCUT2D eigenvalue weighted by Crippen LogP contribution is -2.00. The smallest absolute Gasteiger partial charge is 0.167 e. The van der Waals surface area contributed by atoms with Gasteiger partial charge in [0.1, 0.15) is 11.2 Å². The molecule has 7 aromatic carbocycles. The highest BCUT2D eigenvalue weighted by Gasteiger charge is 2.19. The van der Waals surface area contributed by atoms with Gasteiger partial charge < -0.3 is 4.42 Å². The molecule has 0 bridgehead atoms. The zero-order valence-corrected chi connectivity index (χ0v) is 27.1. The zero-order valence-electron chi connectivity index (χ0n) is 32.3. The summed E-state index contributed by atoms with van der Waals surface area (Å²) in [4.78, 5) is 14.8. The van der Waals surface area contributed by atoms with Gasteiger partial charge in [-0.15, -0.1) is 11.3 Å². The summed E-state index contributed by atoms with van der Waals surface area (Å²) in [7, 11) is 0. The van der Waals surface area contributed by atoms with E-state index in [2.05, 4.69) is 0 Å². The summed E-state index contributed by atoms with van der Waals surface area (Å²) >= 11 is 1.12. The molecular weight excluding hydrogens is 631 g/mol. The summed E-state index contributed by atoms with van der Waals surface area (Å²) in [6, 6.07) is 39.5. The van der Waals surface area contributed by atoms with Gasteiger partial charge in [-0.1, -0.05) is 139 Å². The summed E-state index contributed by atoms with van der Waals surface area (Å²) in [5, 5.41) is 2.55. The second-order valence-corrected chi connectivity index (χ2v) is 12.9. The van der Waals surface area contributed by atoms with Crippen molar-refractivity contribution in [2.75, 3.05) is 0 Å². The molecule has 0 amide bonds. The number of thiophene rings is 1. The molecular formula is C45H27N3OS. The van der Waals surface area contributed by atoms with Crippen molar-refractivity contribution in [2.24, 2.45) is 0 Å². The first-order chi connectivity index (χ1) is 27.3. The van der Waals surface area contributed by atoms with Crippen molar-refractivity contribution in [2.45, 2.75) is 0 Å². The van der Waals surface area contributed by atoms with Gasteiger partial charge >= 0.3 is 0 Å². The Kier molecular flexibility index (Phi) is 5.35. The predicted octanol–water partition coefficient (Wildman–Crippen LogP) is 12.5. The van der Waals surface area contributed by atoms with Crippen molar-refractivity contribution < 1.29 is 12.6 Å². The molecule has 3 aromatic heterocycles. The van der Waals surface area contributed by atoms with E-state index < -0.39 is 0 Å². The molecule has 0 spiro atoms. The highest BCUT2D eigenvalue weighted by molar-refractivity contribution is 7.26. The third-order valence-electron chi connectivity index (χ3n) is 8.89. The Morgan fingerprint density at radius 3 is 1.94 bits per heavy atom. The maximum absolute atomic E-state index is 9.61. The summed E-state index contributed by atoms with van der Waals surface area (Å²) in [5.74, 6) is 0.642. The number of hydrogen-bond donors (Lipinski definition) is 0. The molecule has 5 heteroatoms. The van der Waals surface area contributed by atoms with E-state index in [0.29, 0.717) is 59.4 Å². The largest absolute Gasteiger partial charge is 0.455 e. The molecule has 0 atom stereocenters. The van der Waals surface area contributed by atoms with Crippen molar-refractivity contribution in [1.29, 1.82) is 0 Å². The number of para-hydroxylation sites is 2. The van der Waals surface area contributed by atoms with E-state index in [0.717, 1.165) is 33.2 Å². The molecule has 0 saturated heterocycles. The van der Waals surface area contributed by atoms with Crippen LogP contribution in [0.25, 0.3) is 98.5 Å². The van der Waals surface area contributed by atoms with Gasteiger partial charge in [0.05, 0.1) is 13.8 Å². The molecule has 10 aromatic rings. The number of benzene rings is 7. The van der Waals surface area contributed by atoms with Crippen LogP contribution in [-0.4, -0.2) is 15.0 Å². The molecule has 0 radical (unpaired) electrons. The Labute approximate surface area is 300 Å². The van der Waals surface area contributed by atoms with Crippen molar-refractivity contribution in [3.63, 3.8) is 0 Å². The lowest BCUT2D eigenvalue weighted by atomic mass is 9.99. The summed E-state index contributed by atoms with van der Waals surface area (Å²) in [5.41, 5.74) is 5.77. The molecule has 0 unspecified atom stereocenters. The Balaban J connectivity index is 1.24. The average Bonchev–Trinajstić information content (AvgIpc) is 3.83. The minimum absolute atomic E-state index is 0.0432. The van der Waals surface area contributed by atoms with Crippen LogP contribution in [-0.2, 0) is 0 Å². The van der Waals surface area contributed by atoms with E-state index >= 15 is 0 Å². The molecule has 3 heterocycles. The van der Waals surface area contributed by atoms with Crippen LogP contribution >= 0.6 is 11.3 Å². The minimum atomic E-state index is -0.265. The van der Waals surface area contributed by atoms with E-state index in [-0.39, 0.29) is 53.5 Å². The van der Waals surface area contributed by atoms with Crippen LogP contribution in [0.2, 0.25) is 0 Å². The Hall–Kier alpha value is -6.43. The molecule has 0 fully saturated rings. The number of nitrogens with zero attached hydrogens (tertiary/aromatic N) is 3. The second-order valence-electron chi connectivity index (χ2n) is 11.9. The first-order valence-electron chi connectivity index (χ1n) is 19.1. The number of rotatable bonds is 5. The fourth-order valence-electron chi connectivity index (χ4n) is 6.48. The molecule has 234 valence electrons. The topological polar surface area (TPSA) is 51.8 Å². The Morgan fingerprint density at radius 1 is 0.460 bits per heavy atom. The van der Waals surface area contributed by atoms with Gasteiger partial charge in [0.25, 0.3) is 0 Å². The molecule has 0 aliphatic rings.